The zero-order valence-corrected chi connectivity index (χ0v) is 9.71. The molecular formula is C12H24N2O. The number of likely N-dealkylation sites (tertiary alicyclic amines) is 1. The lowest BCUT2D eigenvalue weighted by Gasteiger charge is -2.41. The van der Waals surface area contributed by atoms with E-state index in [4.69, 9.17) is 10.5 Å². The largest absolute Gasteiger partial charge is 0.381 e. The quantitative estimate of drug-likeness (QED) is 0.764. The fourth-order valence-electron chi connectivity index (χ4n) is 2.85. The van der Waals surface area contributed by atoms with E-state index in [-0.39, 0.29) is 5.41 Å². The summed E-state index contributed by atoms with van der Waals surface area (Å²) in [5.74, 6) is 0. The van der Waals surface area contributed by atoms with Crippen molar-refractivity contribution >= 4 is 0 Å². The molecule has 2 N–H and O–H groups in total. The van der Waals surface area contributed by atoms with E-state index in [2.05, 4.69) is 4.90 Å². The van der Waals surface area contributed by atoms with Crippen LogP contribution in [0.15, 0.2) is 0 Å². The molecule has 2 rings (SSSR count). The van der Waals surface area contributed by atoms with E-state index in [0.29, 0.717) is 0 Å². The number of hydrogen-bond donors (Lipinski definition) is 1. The lowest BCUT2D eigenvalue weighted by molar-refractivity contribution is -0.0243. The average molecular weight is 212 g/mol. The number of hydrogen-bond acceptors (Lipinski definition) is 3. The summed E-state index contributed by atoms with van der Waals surface area (Å²) >= 11 is 0. The summed E-state index contributed by atoms with van der Waals surface area (Å²) in [6.45, 7) is 6.28. The van der Waals surface area contributed by atoms with Crippen LogP contribution in [0, 0.1) is 5.41 Å². The summed E-state index contributed by atoms with van der Waals surface area (Å²) < 4.78 is 5.61. The van der Waals surface area contributed by atoms with Gasteiger partial charge in [-0.2, -0.15) is 0 Å². The van der Waals surface area contributed by atoms with Gasteiger partial charge < -0.3 is 15.4 Å². The molecule has 2 aliphatic rings. The highest BCUT2D eigenvalue weighted by molar-refractivity contribution is 4.86. The molecule has 2 heterocycles. The van der Waals surface area contributed by atoms with Crippen molar-refractivity contribution in [1.82, 2.24) is 4.90 Å². The highest BCUT2D eigenvalue weighted by atomic mass is 16.5. The first-order chi connectivity index (χ1) is 7.35. The molecule has 0 aromatic heterocycles. The van der Waals surface area contributed by atoms with E-state index >= 15 is 0 Å². The predicted molar refractivity (Wildman–Crippen MR) is 61.8 cm³/mol. The zero-order valence-electron chi connectivity index (χ0n) is 9.71. The van der Waals surface area contributed by atoms with Gasteiger partial charge in [-0.05, 0) is 38.8 Å². The van der Waals surface area contributed by atoms with Crippen LogP contribution < -0.4 is 5.73 Å². The first-order valence-electron chi connectivity index (χ1n) is 6.35. The Bertz CT molecular complexity index is 184. The van der Waals surface area contributed by atoms with Gasteiger partial charge in [0.25, 0.3) is 0 Å². The Labute approximate surface area is 93.0 Å². The fourth-order valence-corrected chi connectivity index (χ4v) is 2.85. The van der Waals surface area contributed by atoms with E-state index in [9.17, 15) is 0 Å². The Hall–Kier alpha value is -0.120. The molecule has 3 nitrogen and oxygen atoms in total. The molecule has 1 unspecified atom stereocenters. The third-order valence-corrected chi connectivity index (χ3v) is 3.84. The highest BCUT2D eigenvalue weighted by Crippen LogP contribution is 2.29. The fraction of sp³-hybridized carbons (Fsp3) is 1.00. The molecule has 1 atom stereocenters. The van der Waals surface area contributed by atoms with Gasteiger partial charge in [-0.15, -0.1) is 0 Å². The highest BCUT2D eigenvalue weighted by Gasteiger charge is 2.33. The minimum absolute atomic E-state index is 0.260. The second-order valence-corrected chi connectivity index (χ2v) is 5.20. The van der Waals surface area contributed by atoms with Crippen LogP contribution in [0.4, 0.5) is 0 Å². The maximum Gasteiger partial charge on any atom is 0.0546 e. The second-order valence-electron chi connectivity index (χ2n) is 5.20. The second kappa shape index (κ2) is 5.28. The molecule has 0 aromatic rings. The van der Waals surface area contributed by atoms with E-state index in [1.807, 2.05) is 0 Å². The molecule has 0 amide bonds. The van der Waals surface area contributed by atoms with Crippen molar-refractivity contribution in [2.24, 2.45) is 11.1 Å². The maximum atomic E-state index is 5.95. The van der Waals surface area contributed by atoms with Crippen LogP contribution in [-0.4, -0.2) is 44.3 Å². The van der Waals surface area contributed by atoms with E-state index < -0.39 is 0 Å². The van der Waals surface area contributed by atoms with Crippen LogP contribution in [0.1, 0.15) is 32.1 Å². The van der Waals surface area contributed by atoms with Crippen LogP contribution in [0.2, 0.25) is 0 Å². The van der Waals surface area contributed by atoms with Crippen LogP contribution in [0.5, 0.6) is 0 Å². The van der Waals surface area contributed by atoms with Crippen molar-refractivity contribution in [3.05, 3.63) is 0 Å². The predicted octanol–water partition coefficient (Wildman–Crippen LogP) is 1.23. The number of ether oxygens (including phenoxy) is 1. The molecular weight excluding hydrogens is 188 g/mol. The standard InChI is InChI=1S/C12H24N2O/c13-9-12(5-4-8-15-11-12)10-14-6-2-1-3-7-14/h1-11,13H2. The molecule has 15 heavy (non-hydrogen) atoms. The molecule has 0 aliphatic carbocycles. The smallest absolute Gasteiger partial charge is 0.0546 e. The number of nitrogens with two attached hydrogens (primary N) is 1. The molecule has 88 valence electrons. The molecule has 2 saturated heterocycles. The molecule has 0 bridgehead atoms. The van der Waals surface area contributed by atoms with Crippen LogP contribution >= 0.6 is 0 Å². The first kappa shape index (κ1) is 11.4. The SMILES string of the molecule is NCC1(CN2CCCCC2)CCCOC1. The summed E-state index contributed by atoms with van der Waals surface area (Å²) in [4.78, 5) is 2.59. The van der Waals surface area contributed by atoms with Gasteiger partial charge in [0.05, 0.1) is 6.61 Å². The summed E-state index contributed by atoms with van der Waals surface area (Å²) in [6.07, 6.45) is 6.57. The van der Waals surface area contributed by atoms with Gasteiger partial charge in [0.15, 0.2) is 0 Å². The third-order valence-electron chi connectivity index (χ3n) is 3.84. The van der Waals surface area contributed by atoms with Crippen molar-refractivity contribution in [2.75, 3.05) is 39.4 Å². The number of rotatable bonds is 3. The number of piperidine rings is 1. The first-order valence-corrected chi connectivity index (χ1v) is 6.35. The van der Waals surface area contributed by atoms with Crippen LogP contribution in [0.3, 0.4) is 0 Å². The molecule has 3 heteroatoms. The molecule has 0 spiro atoms. The monoisotopic (exact) mass is 212 g/mol. The lowest BCUT2D eigenvalue weighted by Crippen LogP contribution is -2.48. The van der Waals surface area contributed by atoms with Crippen LogP contribution in [-0.2, 0) is 4.74 Å². The minimum atomic E-state index is 0.260. The Balaban J connectivity index is 1.87. The van der Waals surface area contributed by atoms with Gasteiger partial charge in [0.2, 0.25) is 0 Å². The van der Waals surface area contributed by atoms with Gasteiger partial charge in [-0.25, -0.2) is 0 Å². The summed E-state index contributed by atoms with van der Waals surface area (Å²) in [7, 11) is 0. The minimum Gasteiger partial charge on any atom is -0.381 e. The Morgan fingerprint density at radius 3 is 2.53 bits per heavy atom. The molecule has 2 fully saturated rings. The summed E-state index contributed by atoms with van der Waals surface area (Å²) in [5.41, 5.74) is 6.21. The normalized spacial score (nSPS) is 34.2. The van der Waals surface area contributed by atoms with Gasteiger partial charge >= 0.3 is 0 Å². The zero-order chi connectivity index (χ0) is 10.6. The Morgan fingerprint density at radius 2 is 1.93 bits per heavy atom. The number of nitrogens with zero attached hydrogens (tertiary/aromatic N) is 1. The van der Waals surface area contributed by atoms with E-state index in [1.165, 1.54) is 45.2 Å². The Kier molecular flexibility index (Phi) is 4.00. The van der Waals surface area contributed by atoms with Crippen molar-refractivity contribution in [3.63, 3.8) is 0 Å². The van der Waals surface area contributed by atoms with Crippen molar-refractivity contribution in [3.8, 4) is 0 Å². The third kappa shape index (κ3) is 2.92. The summed E-state index contributed by atoms with van der Waals surface area (Å²) in [6, 6.07) is 0. The maximum absolute atomic E-state index is 5.95. The Morgan fingerprint density at radius 1 is 1.13 bits per heavy atom. The van der Waals surface area contributed by atoms with Gasteiger partial charge in [-0.1, -0.05) is 6.42 Å². The average Bonchev–Trinajstić information content (AvgIpc) is 2.32. The molecule has 2 aliphatic heterocycles. The molecule has 0 saturated carbocycles. The van der Waals surface area contributed by atoms with E-state index in [0.717, 1.165) is 26.3 Å². The van der Waals surface area contributed by atoms with Crippen molar-refractivity contribution in [2.45, 2.75) is 32.1 Å². The van der Waals surface area contributed by atoms with Gasteiger partial charge in [0, 0.05) is 25.1 Å². The topological polar surface area (TPSA) is 38.5 Å². The van der Waals surface area contributed by atoms with Crippen LogP contribution in [0.25, 0.3) is 0 Å². The summed E-state index contributed by atoms with van der Waals surface area (Å²) in [5, 5.41) is 0. The van der Waals surface area contributed by atoms with E-state index in [1.54, 1.807) is 0 Å². The van der Waals surface area contributed by atoms with Crippen molar-refractivity contribution < 1.29 is 4.74 Å². The van der Waals surface area contributed by atoms with Gasteiger partial charge in [-0.3, -0.25) is 0 Å². The molecule has 0 aromatic carbocycles. The van der Waals surface area contributed by atoms with Gasteiger partial charge in [0.1, 0.15) is 0 Å². The molecule has 0 radical (unpaired) electrons. The lowest BCUT2D eigenvalue weighted by atomic mass is 9.81. The van der Waals surface area contributed by atoms with Crippen molar-refractivity contribution in [1.29, 1.82) is 0 Å².